The number of carbonyl (C=O) groups excluding carboxylic acids is 1. The van der Waals surface area contributed by atoms with E-state index in [4.69, 9.17) is 0 Å². The minimum absolute atomic E-state index is 0.188. The van der Waals surface area contributed by atoms with Gasteiger partial charge in [0, 0.05) is 24.2 Å². The van der Waals surface area contributed by atoms with Gasteiger partial charge in [0.25, 0.3) is 0 Å². The maximum atomic E-state index is 13.0. The van der Waals surface area contributed by atoms with Gasteiger partial charge < -0.3 is 10.2 Å². The number of aryl methyl sites for hydroxylation is 2. The van der Waals surface area contributed by atoms with E-state index in [-0.39, 0.29) is 5.92 Å². The zero-order valence-electron chi connectivity index (χ0n) is 13.4. The lowest BCUT2D eigenvalue weighted by Crippen LogP contribution is -2.45. The first-order valence-electron chi connectivity index (χ1n) is 8.21. The molecule has 0 bridgehead atoms. The van der Waals surface area contributed by atoms with Crippen molar-refractivity contribution in [2.75, 3.05) is 18.0 Å². The highest BCUT2D eigenvalue weighted by atomic mass is 16.2. The fourth-order valence-electron chi connectivity index (χ4n) is 3.88. The van der Waals surface area contributed by atoms with Crippen molar-refractivity contribution in [3.63, 3.8) is 0 Å². The van der Waals surface area contributed by atoms with Crippen molar-refractivity contribution in [1.29, 1.82) is 0 Å². The number of rotatable bonds is 1. The van der Waals surface area contributed by atoms with Crippen LogP contribution in [0.1, 0.15) is 42.9 Å². The van der Waals surface area contributed by atoms with Crippen LogP contribution < -0.4 is 10.2 Å². The summed E-state index contributed by atoms with van der Waals surface area (Å²) in [4.78, 5) is 15.1. The molecule has 1 fully saturated rings. The molecule has 2 aliphatic rings. The molecule has 0 aromatic heterocycles. The van der Waals surface area contributed by atoms with E-state index >= 15 is 0 Å². The van der Waals surface area contributed by atoms with Crippen LogP contribution in [0.25, 0.3) is 0 Å². The van der Waals surface area contributed by atoms with Crippen molar-refractivity contribution < 1.29 is 4.79 Å². The first-order valence-corrected chi connectivity index (χ1v) is 8.21. The lowest BCUT2D eigenvalue weighted by molar-refractivity contribution is -0.123. The normalized spacial score (nSPS) is 25.6. The predicted molar refractivity (Wildman–Crippen MR) is 86.8 cm³/mol. The third kappa shape index (κ3) is 2.84. The molecule has 1 saturated heterocycles. The molecule has 1 amide bonds. The van der Waals surface area contributed by atoms with Crippen LogP contribution in [0.4, 0.5) is 5.69 Å². The summed E-state index contributed by atoms with van der Waals surface area (Å²) in [5, 5.41) is 3.44. The molecular weight excluding hydrogens is 260 g/mol. The number of hydrogen-bond donors (Lipinski definition) is 1. The Balaban J connectivity index is 1.89. The molecule has 21 heavy (non-hydrogen) atoms. The summed E-state index contributed by atoms with van der Waals surface area (Å²) in [6.07, 6.45) is 4.13. The van der Waals surface area contributed by atoms with Crippen molar-refractivity contribution in [2.24, 2.45) is 5.92 Å². The van der Waals surface area contributed by atoms with E-state index < -0.39 is 0 Å². The summed E-state index contributed by atoms with van der Waals surface area (Å²) in [6, 6.07) is 4.89. The standard InChI is InChI=1S/C18H26N2O/c1-12-9-13(2)16-5-4-8-20(17(16)10-12)18(21)15-6-7-19-14(3)11-15/h9-10,14-15,19H,4-8,11H2,1-3H3/t14-,15-/m0/s1. The van der Waals surface area contributed by atoms with Crippen molar-refractivity contribution >= 4 is 11.6 Å². The topological polar surface area (TPSA) is 32.3 Å². The Morgan fingerprint density at radius 1 is 1.33 bits per heavy atom. The molecule has 1 N–H and O–H groups in total. The lowest BCUT2D eigenvalue weighted by Gasteiger charge is -2.36. The number of anilines is 1. The van der Waals surface area contributed by atoms with Gasteiger partial charge in [-0.3, -0.25) is 4.79 Å². The fraction of sp³-hybridized carbons (Fsp3) is 0.611. The molecule has 3 heteroatoms. The highest BCUT2D eigenvalue weighted by Crippen LogP contribution is 2.33. The smallest absolute Gasteiger partial charge is 0.230 e. The van der Waals surface area contributed by atoms with E-state index in [1.807, 2.05) is 0 Å². The summed E-state index contributed by atoms with van der Waals surface area (Å²) >= 11 is 0. The minimum atomic E-state index is 0.188. The summed E-state index contributed by atoms with van der Waals surface area (Å²) in [6.45, 7) is 8.32. The zero-order valence-corrected chi connectivity index (χ0v) is 13.4. The van der Waals surface area contributed by atoms with Gasteiger partial charge in [-0.2, -0.15) is 0 Å². The molecule has 0 unspecified atom stereocenters. The fourth-order valence-corrected chi connectivity index (χ4v) is 3.88. The van der Waals surface area contributed by atoms with E-state index in [0.29, 0.717) is 11.9 Å². The van der Waals surface area contributed by atoms with Crippen LogP contribution in [0.3, 0.4) is 0 Å². The summed E-state index contributed by atoms with van der Waals surface area (Å²) in [5.41, 5.74) is 5.14. The number of amides is 1. The number of nitrogens with zero attached hydrogens (tertiary/aromatic N) is 1. The Morgan fingerprint density at radius 2 is 2.14 bits per heavy atom. The van der Waals surface area contributed by atoms with Crippen LogP contribution >= 0.6 is 0 Å². The van der Waals surface area contributed by atoms with Gasteiger partial charge in [-0.25, -0.2) is 0 Å². The van der Waals surface area contributed by atoms with Crippen LogP contribution in [0.2, 0.25) is 0 Å². The molecule has 0 spiro atoms. The molecule has 0 aliphatic carbocycles. The molecule has 1 aromatic carbocycles. The SMILES string of the molecule is Cc1cc(C)c2c(c1)N(C(=O)[C@H]1CCN[C@@H](C)C1)CCC2. The van der Waals surface area contributed by atoms with Crippen LogP contribution in [0, 0.1) is 19.8 Å². The first kappa shape index (κ1) is 14.6. The van der Waals surface area contributed by atoms with Gasteiger partial charge in [0.05, 0.1) is 0 Å². The summed E-state index contributed by atoms with van der Waals surface area (Å²) in [7, 11) is 0. The summed E-state index contributed by atoms with van der Waals surface area (Å²) in [5.74, 6) is 0.530. The number of piperidine rings is 1. The van der Waals surface area contributed by atoms with Gasteiger partial charge in [0.1, 0.15) is 0 Å². The molecule has 2 atom stereocenters. The first-order chi connectivity index (χ1) is 10.1. The maximum absolute atomic E-state index is 13.0. The number of benzene rings is 1. The van der Waals surface area contributed by atoms with Crippen LogP contribution in [-0.4, -0.2) is 25.0 Å². The largest absolute Gasteiger partial charge is 0.314 e. The van der Waals surface area contributed by atoms with Crippen molar-refractivity contribution in [1.82, 2.24) is 5.32 Å². The number of carbonyl (C=O) groups is 1. The molecule has 2 heterocycles. The van der Waals surface area contributed by atoms with Crippen LogP contribution in [0.5, 0.6) is 0 Å². The van der Waals surface area contributed by atoms with Crippen LogP contribution in [0.15, 0.2) is 12.1 Å². The van der Waals surface area contributed by atoms with E-state index in [1.165, 1.54) is 22.4 Å². The third-order valence-electron chi connectivity index (χ3n) is 4.93. The van der Waals surface area contributed by atoms with Gasteiger partial charge in [-0.1, -0.05) is 6.07 Å². The Hall–Kier alpha value is -1.35. The molecule has 114 valence electrons. The van der Waals surface area contributed by atoms with Gasteiger partial charge in [0.2, 0.25) is 5.91 Å². The van der Waals surface area contributed by atoms with Gasteiger partial charge in [-0.05, 0) is 75.8 Å². The predicted octanol–water partition coefficient (Wildman–Crippen LogP) is 2.97. The average Bonchev–Trinajstić information content (AvgIpc) is 2.46. The molecule has 3 rings (SSSR count). The van der Waals surface area contributed by atoms with E-state index in [9.17, 15) is 4.79 Å². The van der Waals surface area contributed by atoms with Gasteiger partial charge >= 0.3 is 0 Å². The second kappa shape index (κ2) is 5.80. The van der Waals surface area contributed by atoms with Crippen molar-refractivity contribution in [2.45, 2.75) is 52.5 Å². The quantitative estimate of drug-likeness (QED) is 0.861. The van der Waals surface area contributed by atoms with E-state index in [1.54, 1.807) is 0 Å². The number of nitrogens with one attached hydrogen (secondary N) is 1. The Bertz CT molecular complexity index is 552. The van der Waals surface area contributed by atoms with Crippen molar-refractivity contribution in [3.05, 3.63) is 28.8 Å². The zero-order chi connectivity index (χ0) is 15.0. The molecule has 0 radical (unpaired) electrons. The minimum Gasteiger partial charge on any atom is -0.314 e. The molecule has 2 aliphatic heterocycles. The third-order valence-corrected chi connectivity index (χ3v) is 4.93. The Kier molecular flexibility index (Phi) is 4.03. The second-order valence-corrected chi connectivity index (χ2v) is 6.75. The lowest BCUT2D eigenvalue weighted by atomic mass is 9.89. The average molecular weight is 286 g/mol. The highest BCUT2D eigenvalue weighted by molar-refractivity contribution is 5.96. The highest BCUT2D eigenvalue weighted by Gasteiger charge is 2.31. The molecule has 3 nitrogen and oxygen atoms in total. The van der Waals surface area contributed by atoms with E-state index in [2.05, 4.69) is 43.1 Å². The van der Waals surface area contributed by atoms with Gasteiger partial charge in [-0.15, -0.1) is 0 Å². The molecule has 1 aromatic rings. The van der Waals surface area contributed by atoms with Crippen molar-refractivity contribution in [3.8, 4) is 0 Å². The van der Waals surface area contributed by atoms with Gasteiger partial charge in [0.15, 0.2) is 0 Å². The monoisotopic (exact) mass is 286 g/mol. The Labute approximate surface area is 127 Å². The van der Waals surface area contributed by atoms with E-state index in [0.717, 1.165) is 38.8 Å². The molecule has 0 saturated carbocycles. The molecular formula is C18H26N2O. The summed E-state index contributed by atoms with van der Waals surface area (Å²) < 4.78 is 0. The number of hydrogen-bond acceptors (Lipinski definition) is 2. The second-order valence-electron chi connectivity index (χ2n) is 6.75. The van der Waals surface area contributed by atoms with Crippen LogP contribution in [-0.2, 0) is 11.2 Å². The number of fused-ring (bicyclic) bond motifs is 1. The Morgan fingerprint density at radius 3 is 2.90 bits per heavy atom. The maximum Gasteiger partial charge on any atom is 0.230 e.